The zero-order valence-electron chi connectivity index (χ0n) is 11.8. The van der Waals surface area contributed by atoms with Gasteiger partial charge in [-0.25, -0.2) is 4.79 Å². The number of amides is 2. The van der Waals surface area contributed by atoms with E-state index in [2.05, 4.69) is 15.9 Å². The summed E-state index contributed by atoms with van der Waals surface area (Å²) in [5.41, 5.74) is 1.03. The molecule has 22 heavy (non-hydrogen) atoms. The minimum Gasteiger partial charge on any atom is -0.286 e. The van der Waals surface area contributed by atoms with Gasteiger partial charge in [0, 0.05) is 23.4 Å². The van der Waals surface area contributed by atoms with Gasteiger partial charge < -0.3 is 0 Å². The Kier molecular flexibility index (Phi) is 3.00. The van der Waals surface area contributed by atoms with Crippen molar-refractivity contribution in [2.45, 2.75) is 38.1 Å². The number of imide groups is 1. The topological polar surface area (TPSA) is 64.3 Å². The minimum absolute atomic E-state index is 0.157. The average molecular weight is 364 g/mol. The molecule has 1 aromatic carbocycles. The fourth-order valence-corrected chi connectivity index (χ4v) is 3.59. The predicted molar refractivity (Wildman–Crippen MR) is 84.3 cm³/mol. The molecule has 1 aliphatic heterocycles. The van der Waals surface area contributed by atoms with Gasteiger partial charge in [0.2, 0.25) is 11.8 Å². The van der Waals surface area contributed by atoms with Crippen molar-refractivity contribution in [3.63, 3.8) is 0 Å². The molecule has 7 heteroatoms. The summed E-state index contributed by atoms with van der Waals surface area (Å²) in [4.78, 5) is 37.3. The molecule has 1 saturated carbocycles. The molecule has 1 aliphatic carbocycles. The minimum atomic E-state index is -0.312. The van der Waals surface area contributed by atoms with Crippen LogP contribution in [-0.4, -0.2) is 21.1 Å². The molecule has 2 aromatic rings. The maximum absolute atomic E-state index is 12.9. The van der Waals surface area contributed by atoms with Gasteiger partial charge in [0.1, 0.15) is 0 Å². The van der Waals surface area contributed by atoms with Crippen LogP contribution < -0.4 is 10.7 Å². The monoisotopic (exact) mass is 363 g/mol. The fraction of sp³-hybridized carbons (Fsp3) is 0.400. The third-order valence-corrected chi connectivity index (χ3v) is 4.83. The van der Waals surface area contributed by atoms with E-state index in [4.69, 9.17) is 0 Å². The van der Waals surface area contributed by atoms with Crippen LogP contribution in [0, 0.1) is 0 Å². The Labute approximate surface area is 134 Å². The van der Waals surface area contributed by atoms with Gasteiger partial charge >= 0.3 is 5.69 Å². The number of aromatic nitrogens is 2. The molecule has 0 N–H and O–H groups in total. The fourth-order valence-electron chi connectivity index (χ4n) is 3.04. The molecule has 1 saturated heterocycles. The number of halogens is 1. The lowest BCUT2D eigenvalue weighted by atomic mass is 10.1. The number of imidazole rings is 1. The average Bonchev–Trinajstić information content (AvgIpc) is 3.26. The number of hydrogen-bond acceptors (Lipinski definition) is 3. The largest absolute Gasteiger partial charge is 0.349 e. The van der Waals surface area contributed by atoms with Crippen LogP contribution in [0.3, 0.4) is 0 Å². The van der Waals surface area contributed by atoms with E-state index < -0.39 is 0 Å². The van der Waals surface area contributed by atoms with Gasteiger partial charge in [-0.15, -0.1) is 0 Å². The summed E-state index contributed by atoms with van der Waals surface area (Å²) in [6.07, 6.45) is 3.03. The summed E-state index contributed by atoms with van der Waals surface area (Å²) in [7, 11) is 0. The maximum Gasteiger partial charge on any atom is 0.349 e. The lowest BCUT2D eigenvalue weighted by molar-refractivity contribution is -0.131. The van der Waals surface area contributed by atoms with Crippen molar-refractivity contribution in [2.75, 3.05) is 5.01 Å². The van der Waals surface area contributed by atoms with Crippen molar-refractivity contribution in [2.24, 2.45) is 0 Å². The smallest absolute Gasteiger partial charge is 0.286 e. The molecule has 6 nitrogen and oxygen atoms in total. The van der Waals surface area contributed by atoms with Gasteiger partial charge in [-0.05, 0) is 47.3 Å². The number of para-hydroxylation sites is 1. The van der Waals surface area contributed by atoms with Crippen molar-refractivity contribution in [3.8, 4) is 0 Å². The number of piperidine rings is 1. The van der Waals surface area contributed by atoms with E-state index >= 15 is 0 Å². The van der Waals surface area contributed by atoms with Crippen molar-refractivity contribution >= 4 is 38.8 Å². The molecule has 0 unspecified atom stereocenters. The zero-order valence-corrected chi connectivity index (χ0v) is 13.4. The lowest BCUT2D eigenvalue weighted by Crippen LogP contribution is -2.52. The predicted octanol–water partition coefficient (Wildman–Crippen LogP) is 2.08. The van der Waals surface area contributed by atoms with E-state index in [0.717, 1.165) is 27.8 Å². The summed E-state index contributed by atoms with van der Waals surface area (Å²) in [6.45, 7) is 0. The number of carbonyl (C=O) groups is 2. The lowest BCUT2D eigenvalue weighted by Gasteiger charge is -2.25. The summed E-state index contributed by atoms with van der Waals surface area (Å²) < 4.78 is 3.75. The summed E-state index contributed by atoms with van der Waals surface area (Å²) in [5, 5.41) is 1.03. The second-order valence-electron chi connectivity index (χ2n) is 5.76. The first-order valence-electron chi connectivity index (χ1n) is 7.37. The van der Waals surface area contributed by atoms with Gasteiger partial charge in [0.25, 0.3) is 0 Å². The van der Waals surface area contributed by atoms with E-state index in [1.54, 1.807) is 16.7 Å². The third kappa shape index (κ3) is 1.88. The normalized spacial score (nSPS) is 19.2. The van der Waals surface area contributed by atoms with E-state index in [1.165, 1.54) is 4.68 Å². The highest BCUT2D eigenvalue weighted by molar-refractivity contribution is 9.10. The quantitative estimate of drug-likeness (QED) is 0.767. The molecule has 0 bridgehead atoms. The first-order valence-corrected chi connectivity index (χ1v) is 8.16. The highest BCUT2D eigenvalue weighted by Crippen LogP contribution is 2.38. The number of rotatable bonds is 2. The Hall–Kier alpha value is -1.89. The first kappa shape index (κ1) is 13.8. The van der Waals surface area contributed by atoms with Crippen LogP contribution in [-0.2, 0) is 9.59 Å². The van der Waals surface area contributed by atoms with E-state index in [-0.39, 0.29) is 23.5 Å². The van der Waals surface area contributed by atoms with E-state index in [9.17, 15) is 14.4 Å². The molecular weight excluding hydrogens is 350 g/mol. The number of hydrogen-bond donors (Lipinski definition) is 0. The van der Waals surface area contributed by atoms with Gasteiger partial charge in [-0.1, -0.05) is 6.07 Å². The Morgan fingerprint density at radius 2 is 1.73 bits per heavy atom. The van der Waals surface area contributed by atoms with E-state index in [0.29, 0.717) is 24.8 Å². The molecule has 0 radical (unpaired) electrons. The number of carbonyl (C=O) groups excluding carboxylic acids is 2. The molecule has 2 aliphatic rings. The van der Waals surface area contributed by atoms with E-state index in [1.807, 2.05) is 6.07 Å². The van der Waals surface area contributed by atoms with Crippen LogP contribution in [0.1, 0.15) is 38.1 Å². The maximum atomic E-state index is 12.9. The number of benzene rings is 1. The zero-order chi connectivity index (χ0) is 15.4. The third-order valence-electron chi connectivity index (χ3n) is 4.19. The summed E-state index contributed by atoms with van der Waals surface area (Å²) in [5.74, 6) is -0.624. The SMILES string of the molecule is O=C1CCCC(=O)N1n1c(=O)n(C2CC2)c2c(Br)cccc21. The standard InChI is InChI=1S/C15H14BrN3O3/c16-10-3-1-4-11-14(10)17(9-7-8-9)15(22)18(11)19-12(20)5-2-6-13(19)21/h1,3-4,9H,2,5-8H2. The van der Waals surface area contributed by atoms with Crippen LogP contribution in [0.15, 0.2) is 27.5 Å². The van der Waals surface area contributed by atoms with Gasteiger partial charge in [0.05, 0.1) is 11.0 Å². The molecule has 2 fully saturated rings. The Morgan fingerprint density at radius 1 is 1.05 bits per heavy atom. The van der Waals surface area contributed by atoms with Crippen LogP contribution in [0.5, 0.6) is 0 Å². The Balaban J connectivity index is 2.04. The molecular formula is C15H14BrN3O3. The number of nitrogens with zero attached hydrogens (tertiary/aromatic N) is 3. The Bertz CT molecular complexity index is 847. The first-order chi connectivity index (χ1) is 10.6. The van der Waals surface area contributed by atoms with Crippen LogP contribution in [0.2, 0.25) is 0 Å². The van der Waals surface area contributed by atoms with Crippen molar-refractivity contribution < 1.29 is 9.59 Å². The van der Waals surface area contributed by atoms with Gasteiger partial charge in [-0.3, -0.25) is 14.2 Å². The highest BCUT2D eigenvalue weighted by atomic mass is 79.9. The van der Waals surface area contributed by atoms with Crippen molar-refractivity contribution in [1.82, 2.24) is 9.24 Å². The molecule has 2 amide bonds. The van der Waals surface area contributed by atoms with Gasteiger partial charge in [0.15, 0.2) is 0 Å². The molecule has 114 valence electrons. The van der Waals surface area contributed by atoms with Gasteiger partial charge in [-0.2, -0.15) is 9.69 Å². The summed E-state index contributed by atoms with van der Waals surface area (Å²) >= 11 is 3.48. The molecule has 2 heterocycles. The molecule has 0 spiro atoms. The van der Waals surface area contributed by atoms with Crippen LogP contribution in [0.25, 0.3) is 11.0 Å². The molecule has 4 rings (SSSR count). The second-order valence-corrected chi connectivity index (χ2v) is 6.61. The second kappa shape index (κ2) is 4.81. The summed E-state index contributed by atoms with van der Waals surface area (Å²) in [6, 6.07) is 5.60. The molecule has 1 aromatic heterocycles. The highest BCUT2D eigenvalue weighted by Gasteiger charge is 2.35. The Morgan fingerprint density at radius 3 is 2.36 bits per heavy atom. The van der Waals surface area contributed by atoms with Crippen LogP contribution >= 0.6 is 15.9 Å². The van der Waals surface area contributed by atoms with Crippen molar-refractivity contribution in [3.05, 3.63) is 33.2 Å². The van der Waals surface area contributed by atoms with Crippen LogP contribution in [0.4, 0.5) is 0 Å². The number of fused-ring (bicyclic) bond motifs is 1. The van der Waals surface area contributed by atoms with Crippen molar-refractivity contribution in [1.29, 1.82) is 0 Å². The molecule has 0 atom stereocenters.